The third kappa shape index (κ3) is 5.27. The topological polar surface area (TPSA) is 116 Å². The Morgan fingerprint density at radius 3 is 1.71 bits per heavy atom. The molecule has 8 nitrogen and oxygen atoms in total. The summed E-state index contributed by atoms with van der Waals surface area (Å²) in [6, 6.07) is 0. The lowest BCUT2D eigenvalue weighted by Crippen LogP contribution is -2.59. The van der Waals surface area contributed by atoms with Crippen LogP contribution in [0.25, 0.3) is 0 Å². The van der Waals surface area contributed by atoms with Gasteiger partial charge in [-0.05, 0) is 13.3 Å². The summed E-state index contributed by atoms with van der Waals surface area (Å²) in [7, 11) is 0. The summed E-state index contributed by atoms with van der Waals surface area (Å²) in [6.45, 7) is 4.71. The lowest BCUT2D eigenvalue weighted by molar-refractivity contribution is -0.200. The van der Waals surface area contributed by atoms with Crippen LogP contribution >= 0.6 is 15.9 Å². The first-order valence-electron chi connectivity index (χ1n) is 7.38. The molecule has 24 heavy (non-hydrogen) atoms. The van der Waals surface area contributed by atoms with Gasteiger partial charge < -0.3 is 19.3 Å². The number of carbonyl (C=O) groups is 4. The van der Waals surface area contributed by atoms with Crippen molar-refractivity contribution in [3.63, 3.8) is 0 Å². The van der Waals surface area contributed by atoms with Gasteiger partial charge in [-0.1, -0.05) is 15.9 Å². The van der Waals surface area contributed by atoms with Crippen LogP contribution in [0.4, 0.5) is 0 Å². The molecular weight excluding hydrogens is 388 g/mol. The standard InChI is InChI=1S/C15H21BrO8/c1-6(17)12(21)10-5-11(16)14(23-8(3)19)15(24-9(4)20)13(10)22-7(2)18/h10-15,21H,5H2,1-4H3/t10-,11+,12?,13+,14+,15+/m1/s1. The largest absolute Gasteiger partial charge is 0.458 e. The number of ketones is 1. The Balaban J connectivity index is 3.26. The van der Waals surface area contributed by atoms with E-state index in [1.165, 1.54) is 13.8 Å². The van der Waals surface area contributed by atoms with Crippen molar-refractivity contribution in [3.05, 3.63) is 0 Å². The Bertz CT molecular complexity index is 504. The van der Waals surface area contributed by atoms with E-state index in [4.69, 9.17) is 14.2 Å². The number of hydrogen-bond acceptors (Lipinski definition) is 8. The molecule has 1 aliphatic rings. The van der Waals surface area contributed by atoms with Crippen LogP contribution in [-0.2, 0) is 33.4 Å². The fraction of sp³-hybridized carbons (Fsp3) is 0.733. The van der Waals surface area contributed by atoms with Crippen LogP contribution in [0.15, 0.2) is 0 Å². The number of hydrogen-bond donors (Lipinski definition) is 1. The Labute approximate surface area is 147 Å². The molecule has 1 saturated carbocycles. The number of aliphatic hydroxyl groups is 1. The molecule has 0 aliphatic heterocycles. The number of ether oxygens (including phenoxy) is 3. The van der Waals surface area contributed by atoms with Gasteiger partial charge in [0.25, 0.3) is 0 Å². The zero-order chi connectivity index (χ0) is 18.6. The minimum atomic E-state index is -1.41. The van der Waals surface area contributed by atoms with Crippen LogP contribution < -0.4 is 0 Å². The molecule has 0 bridgehead atoms. The molecule has 1 N–H and O–H groups in total. The van der Waals surface area contributed by atoms with E-state index in [1.807, 2.05) is 0 Å². The minimum Gasteiger partial charge on any atom is -0.458 e. The fourth-order valence-corrected chi connectivity index (χ4v) is 3.62. The molecule has 0 spiro atoms. The first kappa shape index (κ1) is 20.6. The second-order valence-corrected chi connectivity index (χ2v) is 6.87. The third-order valence-electron chi connectivity index (χ3n) is 3.65. The zero-order valence-corrected chi connectivity index (χ0v) is 15.4. The predicted octanol–water partition coefficient (Wildman–Crippen LogP) is 0.515. The molecule has 0 amide bonds. The smallest absolute Gasteiger partial charge is 0.303 e. The van der Waals surface area contributed by atoms with Crippen LogP contribution in [0.5, 0.6) is 0 Å². The highest BCUT2D eigenvalue weighted by molar-refractivity contribution is 9.09. The van der Waals surface area contributed by atoms with Gasteiger partial charge in [0.2, 0.25) is 0 Å². The maximum Gasteiger partial charge on any atom is 0.303 e. The van der Waals surface area contributed by atoms with Gasteiger partial charge in [0.05, 0.1) is 4.83 Å². The summed E-state index contributed by atoms with van der Waals surface area (Å²) in [4.78, 5) is 45.3. The average molecular weight is 409 g/mol. The molecule has 0 aromatic rings. The van der Waals surface area contributed by atoms with Crippen LogP contribution in [0.3, 0.4) is 0 Å². The monoisotopic (exact) mass is 408 g/mol. The van der Waals surface area contributed by atoms with E-state index in [9.17, 15) is 24.3 Å². The molecular formula is C15H21BrO8. The van der Waals surface area contributed by atoms with Crippen molar-refractivity contribution in [2.75, 3.05) is 0 Å². The Morgan fingerprint density at radius 2 is 1.29 bits per heavy atom. The molecule has 1 unspecified atom stereocenters. The molecule has 1 rings (SSSR count). The normalized spacial score (nSPS) is 30.8. The van der Waals surface area contributed by atoms with Gasteiger partial charge in [-0.2, -0.15) is 0 Å². The molecule has 0 heterocycles. The third-order valence-corrected chi connectivity index (χ3v) is 4.55. The highest BCUT2D eigenvalue weighted by Crippen LogP contribution is 2.37. The molecule has 0 aromatic carbocycles. The summed E-state index contributed by atoms with van der Waals surface area (Å²) >= 11 is 3.33. The van der Waals surface area contributed by atoms with Crippen molar-refractivity contribution < 1.29 is 38.5 Å². The highest BCUT2D eigenvalue weighted by atomic mass is 79.9. The Kier molecular flexibility index (Phi) is 7.34. The zero-order valence-electron chi connectivity index (χ0n) is 13.9. The molecule has 0 saturated heterocycles. The first-order chi connectivity index (χ1) is 11.0. The maximum absolute atomic E-state index is 11.6. The molecule has 6 atom stereocenters. The van der Waals surface area contributed by atoms with Gasteiger partial charge in [0.1, 0.15) is 12.2 Å². The number of Topliss-reactive ketones (excluding diaryl/α,β-unsaturated/α-hetero) is 1. The molecule has 1 fully saturated rings. The number of halogens is 1. The van der Waals surface area contributed by atoms with E-state index in [2.05, 4.69) is 15.9 Å². The number of rotatable bonds is 5. The van der Waals surface area contributed by atoms with Crippen molar-refractivity contribution in [2.24, 2.45) is 5.92 Å². The summed E-state index contributed by atoms with van der Waals surface area (Å²) in [5, 5.41) is 10.2. The van der Waals surface area contributed by atoms with Crippen LogP contribution in [0.1, 0.15) is 34.1 Å². The van der Waals surface area contributed by atoms with E-state index in [0.717, 1.165) is 13.8 Å². The van der Waals surface area contributed by atoms with Crippen molar-refractivity contribution in [2.45, 2.75) is 63.4 Å². The van der Waals surface area contributed by atoms with Crippen LogP contribution in [0.2, 0.25) is 0 Å². The van der Waals surface area contributed by atoms with Crippen molar-refractivity contribution in [1.29, 1.82) is 0 Å². The Morgan fingerprint density at radius 1 is 0.875 bits per heavy atom. The van der Waals surface area contributed by atoms with Crippen LogP contribution in [0, 0.1) is 5.92 Å². The SMILES string of the molecule is CC(=O)O[C@H]1[C@@H](OC(C)=O)[C@@H](C(O)C(C)=O)C[C@H](Br)[C@@H]1OC(C)=O. The quantitative estimate of drug-likeness (QED) is 0.397. The second kappa shape index (κ2) is 8.57. The van der Waals surface area contributed by atoms with Gasteiger partial charge in [-0.25, -0.2) is 0 Å². The highest BCUT2D eigenvalue weighted by Gasteiger charge is 2.52. The second-order valence-electron chi connectivity index (χ2n) is 5.69. The summed E-state index contributed by atoms with van der Waals surface area (Å²) in [5.74, 6) is -3.27. The van der Waals surface area contributed by atoms with Crippen molar-refractivity contribution in [3.8, 4) is 0 Å². The average Bonchev–Trinajstić information content (AvgIpc) is 2.43. The van der Waals surface area contributed by atoms with Gasteiger partial charge in [-0.3, -0.25) is 19.2 Å². The van der Waals surface area contributed by atoms with E-state index in [1.54, 1.807) is 0 Å². The fourth-order valence-electron chi connectivity index (χ4n) is 2.78. The van der Waals surface area contributed by atoms with Gasteiger partial charge in [0, 0.05) is 26.7 Å². The number of esters is 3. The predicted molar refractivity (Wildman–Crippen MR) is 84.2 cm³/mol. The summed E-state index contributed by atoms with van der Waals surface area (Å²) < 4.78 is 15.6. The summed E-state index contributed by atoms with van der Waals surface area (Å²) in [6.07, 6.45) is -4.43. The van der Waals surface area contributed by atoms with Crippen molar-refractivity contribution >= 4 is 39.6 Å². The number of carbonyl (C=O) groups excluding carboxylic acids is 4. The minimum absolute atomic E-state index is 0.175. The molecule has 0 aromatic heterocycles. The molecule has 9 heteroatoms. The van der Waals surface area contributed by atoms with E-state index < -0.39 is 58.9 Å². The van der Waals surface area contributed by atoms with Gasteiger partial charge in [-0.15, -0.1) is 0 Å². The van der Waals surface area contributed by atoms with E-state index in [0.29, 0.717) is 0 Å². The first-order valence-corrected chi connectivity index (χ1v) is 8.30. The van der Waals surface area contributed by atoms with Crippen molar-refractivity contribution in [1.82, 2.24) is 0 Å². The number of alkyl halides is 1. The van der Waals surface area contributed by atoms with Gasteiger partial charge >= 0.3 is 17.9 Å². The molecule has 0 radical (unpaired) electrons. The maximum atomic E-state index is 11.6. The molecule has 1 aliphatic carbocycles. The van der Waals surface area contributed by atoms with E-state index in [-0.39, 0.29) is 6.42 Å². The van der Waals surface area contributed by atoms with Crippen LogP contribution in [-0.4, -0.2) is 58.0 Å². The van der Waals surface area contributed by atoms with E-state index >= 15 is 0 Å². The lowest BCUT2D eigenvalue weighted by Gasteiger charge is -2.44. The summed E-state index contributed by atoms with van der Waals surface area (Å²) in [5.41, 5.74) is 0. The van der Waals surface area contributed by atoms with Gasteiger partial charge in [0.15, 0.2) is 18.0 Å². The Hall–Kier alpha value is -1.48. The number of aliphatic hydroxyl groups excluding tert-OH is 1. The molecule has 136 valence electrons. The lowest BCUT2D eigenvalue weighted by atomic mass is 9.78.